The van der Waals surface area contributed by atoms with Gasteiger partial charge in [-0.15, -0.1) is 0 Å². The highest BCUT2D eigenvalue weighted by molar-refractivity contribution is 6.17. The summed E-state index contributed by atoms with van der Waals surface area (Å²) in [4.78, 5) is 10.8. The summed E-state index contributed by atoms with van der Waals surface area (Å²) < 4.78 is 6.44. The Hall–Kier alpha value is -7.04. The molecule has 0 bridgehead atoms. The predicted molar refractivity (Wildman–Crippen MR) is 219 cm³/mol. The van der Waals surface area contributed by atoms with E-state index in [-0.39, 0.29) is 0 Å². The molecule has 1 atom stereocenters. The van der Waals surface area contributed by atoms with Gasteiger partial charge < -0.3 is 9.73 Å². The van der Waals surface area contributed by atoms with E-state index in [2.05, 4.69) is 157 Å². The van der Waals surface area contributed by atoms with Gasteiger partial charge in [-0.2, -0.15) is 0 Å². The molecule has 0 amide bonds. The Bertz CT molecular complexity index is 2830. The fourth-order valence-electron chi connectivity index (χ4n) is 7.49. The van der Waals surface area contributed by atoms with Crippen LogP contribution < -0.4 is 5.32 Å². The van der Waals surface area contributed by atoms with Gasteiger partial charge in [-0.1, -0.05) is 170 Å². The number of furan rings is 1. The summed E-state index contributed by atoms with van der Waals surface area (Å²) in [7, 11) is 0. The zero-order valence-corrected chi connectivity index (χ0v) is 28.8. The van der Waals surface area contributed by atoms with Crippen LogP contribution in [0, 0.1) is 0 Å². The van der Waals surface area contributed by atoms with Crippen molar-refractivity contribution in [2.45, 2.75) is 6.17 Å². The molecular weight excluding hydrogens is 647 g/mol. The van der Waals surface area contributed by atoms with Crippen LogP contribution >= 0.6 is 0 Å². The number of fused-ring (bicyclic) bond motifs is 4. The number of aliphatic imine (C=N–C) groups is 2. The second kappa shape index (κ2) is 12.9. The zero-order chi connectivity index (χ0) is 35.1. The van der Waals surface area contributed by atoms with Crippen molar-refractivity contribution < 1.29 is 4.42 Å². The van der Waals surface area contributed by atoms with Crippen LogP contribution in [0.3, 0.4) is 0 Å². The third-order valence-electron chi connectivity index (χ3n) is 10.2. The Morgan fingerprint density at radius 3 is 1.66 bits per heavy atom. The first kappa shape index (κ1) is 30.8. The van der Waals surface area contributed by atoms with Crippen molar-refractivity contribution in [1.29, 1.82) is 0 Å². The predicted octanol–water partition coefficient (Wildman–Crippen LogP) is 12.2. The highest BCUT2D eigenvalue weighted by Gasteiger charge is 2.27. The molecule has 0 fully saturated rings. The molecule has 1 aliphatic heterocycles. The number of amidine groups is 2. The van der Waals surface area contributed by atoms with E-state index >= 15 is 0 Å². The molecule has 0 radical (unpaired) electrons. The van der Waals surface area contributed by atoms with Crippen LogP contribution in [0.5, 0.6) is 0 Å². The summed E-state index contributed by atoms with van der Waals surface area (Å²) in [6.45, 7) is 0. The van der Waals surface area contributed by atoms with Gasteiger partial charge in [0.15, 0.2) is 6.17 Å². The summed E-state index contributed by atoms with van der Waals surface area (Å²) in [6.07, 6.45) is -0.546. The minimum Gasteiger partial charge on any atom is -0.456 e. The second-order valence-electron chi connectivity index (χ2n) is 13.4. The number of benzene rings is 8. The fourth-order valence-corrected chi connectivity index (χ4v) is 7.49. The topological polar surface area (TPSA) is 49.9 Å². The van der Waals surface area contributed by atoms with E-state index in [1.807, 2.05) is 36.4 Å². The lowest BCUT2D eigenvalue weighted by molar-refractivity contribution is 0.667. The molecular formula is C49H33N3O. The maximum absolute atomic E-state index is 6.44. The maximum atomic E-state index is 6.44. The van der Waals surface area contributed by atoms with E-state index in [0.29, 0.717) is 0 Å². The van der Waals surface area contributed by atoms with Crippen LogP contribution in [0.1, 0.15) is 22.9 Å². The summed E-state index contributed by atoms with van der Waals surface area (Å²) in [5, 5.41) is 8.15. The van der Waals surface area contributed by atoms with E-state index < -0.39 is 6.17 Å². The Labute approximate surface area is 307 Å². The molecule has 250 valence electrons. The molecule has 53 heavy (non-hydrogen) atoms. The van der Waals surface area contributed by atoms with Crippen molar-refractivity contribution in [3.63, 3.8) is 0 Å². The first-order chi connectivity index (χ1) is 26.2. The average Bonchev–Trinajstić information content (AvgIpc) is 3.63. The lowest BCUT2D eigenvalue weighted by Gasteiger charge is -2.24. The highest BCUT2D eigenvalue weighted by atomic mass is 16.3. The Balaban J connectivity index is 1.13. The van der Waals surface area contributed by atoms with E-state index in [9.17, 15) is 0 Å². The number of hydrogen-bond donors (Lipinski definition) is 1. The normalized spacial score (nSPS) is 14.2. The first-order valence-corrected chi connectivity index (χ1v) is 17.9. The summed E-state index contributed by atoms with van der Waals surface area (Å²) >= 11 is 0. The van der Waals surface area contributed by atoms with Crippen LogP contribution in [0.15, 0.2) is 202 Å². The average molecular weight is 680 g/mol. The number of hydrogen-bond acceptors (Lipinski definition) is 4. The lowest BCUT2D eigenvalue weighted by Crippen LogP contribution is -2.36. The van der Waals surface area contributed by atoms with Gasteiger partial charge in [0.25, 0.3) is 0 Å². The largest absolute Gasteiger partial charge is 0.456 e. The van der Waals surface area contributed by atoms with Gasteiger partial charge in [-0.3, -0.25) is 0 Å². The highest BCUT2D eigenvalue weighted by Crippen LogP contribution is 2.43. The van der Waals surface area contributed by atoms with Crippen molar-refractivity contribution in [1.82, 2.24) is 5.32 Å². The fraction of sp³-hybridized carbons (Fsp3) is 0.0204. The minimum atomic E-state index is -0.546. The number of nitrogens with zero attached hydrogens (tertiary/aromatic N) is 2. The third kappa shape index (κ3) is 5.67. The molecule has 2 heterocycles. The van der Waals surface area contributed by atoms with Gasteiger partial charge in [0, 0.05) is 27.5 Å². The number of rotatable bonds is 6. The monoisotopic (exact) mass is 679 g/mol. The van der Waals surface area contributed by atoms with Crippen molar-refractivity contribution in [3.8, 4) is 33.4 Å². The van der Waals surface area contributed by atoms with E-state index in [1.165, 1.54) is 27.5 Å². The lowest BCUT2D eigenvalue weighted by atomic mass is 9.92. The molecule has 4 nitrogen and oxygen atoms in total. The molecule has 4 heteroatoms. The molecule has 1 aliphatic rings. The van der Waals surface area contributed by atoms with E-state index in [0.717, 1.165) is 67.0 Å². The molecule has 0 aliphatic carbocycles. The van der Waals surface area contributed by atoms with Gasteiger partial charge in [0.2, 0.25) is 0 Å². The van der Waals surface area contributed by atoms with Crippen molar-refractivity contribution in [3.05, 3.63) is 205 Å². The van der Waals surface area contributed by atoms with Crippen molar-refractivity contribution in [2.24, 2.45) is 9.98 Å². The number of nitrogens with one attached hydrogen (secondary N) is 1. The molecule has 0 saturated carbocycles. The van der Waals surface area contributed by atoms with Crippen LogP contribution in [0.25, 0.3) is 66.1 Å². The first-order valence-electron chi connectivity index (χ1n) is 17.9. The third-order valence-corrected chi connectivity index (χ3v) is 10.2. The Morgan fingerprint density at radius 2 is 0.925 bits per heavy atom. The maximum Gasteiger partial charge on any atom is 0.171 e. The van der Waals surface area contributed by atoms with Crippen molar-refractivity contribution in [2.75, 3.05) is 0 Å². The summed E-state index contributed by atoms with van der Waals surface area (Å²) in [5.41, 5.74) is 11.5. The van der Waals surface area contributed by atoms with Crippen LogP contribution in [-0.2, 0) is 0 Å². The molecule has 1 aromatic heterocycles. The standard InChI is InChI=1S/C49H33N3O/c1-3-11-32(12-4-1)34-19-24-36(25-20-34)41-29-30-44-45(42-17-9-10-18-43(42)53-44)46(41)49-51-47(37-14-5-2-6-15-37)50-48(52-49)38-26-21-35(22-27-38)40-28-23-33-13-7-8-16-39(33)31-40/h1-31,49H,(H,50,51,52). The van der Waals surface area contributed by atoms with Crippen LogP contribution in [0.4, 0.5) is 0 Å². The number of para-hydroxylation sites is 1. The van der Waals surface area contributed by atoms with Crippen LogP contribution in [0.2, 0.25) is 0 Å². The van der Waals surface area contributed by atoms with Gasteiger partial charge in [0.1, 0.15) is 22.8 Å². The molecule has 1 unspecified atom stereocenters. The smallest absolute Gasteiger partial charge is 0.171 e. The Kier molecular flexibility index (Phi) is 7.51. The quantitative estimate of drug-likeness (QED) is 0.190. The molecule has 0 spiro atoms. The zero-order valence-electron chi connectivity index (χ0n) is 28.8. The molecule has 10 rings (SSSR count). The minimum absolute atomic E-state index is 0.546. The van der Waals surface area contributed by atoms with Gasteiger partial charge >= 0.3 is 0 Å². The van der Waals surface area contributed by atoms with Crippen LogP contribution in [-0.4, -0.2) is 11.7 Å². The molecule has 8 aromatic carbocycles. The van der Waals surface area contributed by atoms with Gasteiger partial charge in [0.05, 0.1) is 0 Å². The van der Waals surface area contributed by atoms with Crippen molar-refractivity contribution >= 4 is 44.4 Å². The molecule has 1 N–H and O–H groups in total. The molecule has 0 saturated heterocycles. The second-order valence-corrected chi connectivity index (χ2v) is 13.4. The van der Waals surface area contributed by atoms with E-state index in [1.54, 1.807) is 0 Å². The summed E-state index contributed by atoms with van der Waals surface area (Å²) in [6, 6.07) is 65.8. The Morgan fingerprint density at radius 1 is 0.396 bits per heavy atom. The molecule has 9 aromatic rings. The van der Waals surface area contributed by atoms with E-state index in [4.69, 9.17) is 14.4 Å². The SMILES string of the molecule is c1ccc(C2=NC(c3c(-c4ccc(-c5ccccc5)cc4)ccc4oc5ccccc5c34)N=C(c3ccc(-c4ccc5ccccc5c4)cc3)N2)cc1. The van der Waals surface area contributed by atoms with Gasteiger partial charge in [-0.25, -0.2) is 9.98 Å². The van der Waals surface area contributed by atoms with Gasteiger partial charge in [-0.05, 0) is 62.4 Å². The summed E-state index contributed by atoms with van der Waals surface area (Å²) in [5.74, 6) is 1.54.